The van der Waals surface area contributed by atoms with Gasteiger partial charge in [-0.3, -0.25) is 20.2 Å². The molecule has 0 fully saturated rings. The molecule has 23 heavy (non-hydrogen) atoms. The molecule has 2 aromatic carbocycles. The Morgan fingerprint density at radius 3 is 2.78 bits per heavy atom. The summed E-state index contributed by atoms with van der Waals surface area (Å²) in [6.45, 7) is 1.95. The van der Waals surface area contributed by atoms with Crippen molar-refractivity contribution in [3.05, 3.63) is 62.7 Å². The number of hydrogen-bond acceptors (Lipinski definition) is 5. The Labute approximate surface area is 139 Å². The topological polar surface area (TPSA) is 85.1 Å². The summed E-state index contributed by atoms with van der Waals surface area (Å²) in [5, 5.41) is 13.8. The summed E-state index contributed by atoms with van der Waals surface area (Å²) >= 11 is 7.31. The van der Waals surface area contributed by atoms with Crippen LogP contribution in [0.15, 0.2) is 36.4 Å². The van der Waals surface area contributed by atoms with Gasteiger partial charge >= 0.3 is 0 Å². The van der Waals surface area contributed by atoms with Crippen LogP contribution in [0.5, 0.6) is 0 Å². The molecule has 1 heterocycles. The van der Waals surface area contributed by atoms with Gasteiger partial charge in [0, 0.05) is 12.1 Å². The minimum Gasteiger partial charge on any atom is -0.298 e. The second-order valence-electron chi connectivity index (χ2n) is 4.82. The molecule has 6 nitrogen and oxygen atoms in total. The Morgan fingerprint density at radius 1 is 1.35 bits per heavy atom. The predicted molar refractivity (Wildman–Crippen MR) is 90.4 cm³/mol. The fourth-order valence-electron chi connectivity index (χ4n) is 2.11. The molecule has 8 heteroatoms. The number of rotatable bonds is 3. The molecule has 0 aliphatic carbocycles. The van der Waals surface area contributed by atoms with Crippen LogP contribution in [0, 0.1) is 17.0 Å². The van der Waals surface area contributed by atoms with E-state index in [4.69, 9.17) is 11.6 Å². The minimum atomic E-state index is -0.566. The van der Waals surface area contributed by atoms with Crippen LogP contribution in [0.1, 0.15) is 15.9 Å². The third-order valence-electron chi connectivity index (χ3n) is 3.25. The number of nitrogens with zero attached hydrogens (tertiary/aromatic N) is 2. The average Bonchev–Trinajstić information content (AvgIpc) is 2.90. The van der Waals surface area contributed by atoms with Crippen molar-refractivity contribution < 1.29 is 9.72 Å². The molecule has 0 unspecified atom stereocenters. The molecule has 0 radical (unpaired) electrons. The number of aromatic nitrogens is 1. The molecule has 3 rings (SSSR count). The molecule has 0 spiro atoms. The number of nitro groups is 1. The molecule has 0 aliphatic heterocycles. The smallest absolute Gasteiger partial charge is 0.270 e. The van der Waals surface area contributed by atoms with Gasteiger partial charge in [-0.15, -0.1) is 0 Å². The van der Waals surface area contributed by atoms with E-state index in [1.807, 2.05) is 25.1 Å². The summed E-state index contributed by atoms with van der Waals surface area (Å²) in [4.78, 5) is 26.8. The van der Waals surface area contributed by atoms with Gasteiger partial charge < -0.3 is 0 Å². The molecule has 0 aliphatic rings. The average molecular weight is 348 g/mol. The van der Waals surface area contributed by atoms with Crippen LogP contribution in [-0.2, 0) is 0 Å². The molecule has 3 aromatic rings. The third kappa shape index (κ3) is 3.01. The molecule has 0 saturated carbocycles. The van der Waals surface area contributed by atoms with Crippen LogP contribution in [0.4, 0.5) is 10.8 Å². The van der Waals surface area contributed by atoms with Crippen molar-refractivity contribution >= 4 is 49.9 Å². The van der Waals surface area contributed by atoms with Gasteiger partial charge in [0.25, 0.3) is 11.6 Å². The van der Waals surface area contributed by atoms with Gasteiger partial charge in [0.15, 0.2) is 5.13 Å². The molecule has 0 saturated heterocycles. The normalized spacial score (nSPS) is 10.7. The zero-order chi connectivity index (χ0) is 16.6. The van der Waals surface area contributed by atoms with Crippen molar-refractivity contribution in [2.24, 2.45) is 0 Å². The standard InChI is InChI=1S/C15H10ClN3O3S/c1-8-3-2-4-12-13(8)17-15(23-12)18-14(20)10-6-5-9(19(21)22)7-11(10)16/h2-7H,1H3,(H,17,18,20). The van der Waals surface area contributed by atoms with E-state index in [2.05, 4.69) is 10.3 Å². The number of hydrogen-bond donors (Lipinski definition) is 1. The van der Waals surface area contributed by atoms with Gasteiger partial charge in [0.05, 0.1) is 25.7 Å². The number of aryl methyl sites for hydroxylation is 1. The Balaban J connectivity index is 1.88. The van der Waals surface area contributed by atoms with E-state index < -0.39 is 10.8 Å². The van der Waals surface area contributed by atoms with E-state index in [0.717, 1.165) is 21.8 Å². The Morgan fingerprint density at radius 2 is 2.13 bits per heavy atom. The molecule has 1 N–H and O–H groups in total. The lowest BCUT2D eigenvalue weighted by Crippen LogP contribution is -2.12. The van der Waals surface area contributed by atoms with E-state index in [0.29, 0.717) is 5.13 Å². The summed E-state index contributed by atoms with van der Waals surface area (Å²) in [6.07, 6.45) is 0. The number of para-hydroxylation sites is 1. The van der Waals surface area contributed by atoms with Crippen LogP contribution in [-0.4, -0.2) is 15.8 Å². The van der Waals surface area contributed by atoms with E-state index >= 15 is 0 Å². The summed E-state index contributed by atoms with van der Waals surface area (Å²) in [5.74, 6) is -0.457. The molecule has 1 amide bonds. The van der Waals surface area contributed by atoms with Gasteiger partial charge in [-0.1, -0.05) is 35.1 Å². The van der Waals surface area contributed by atoms with Gasteiger partial charge in [-0.2, -0.15) is 0 Å². The van der Waals surface area contributed by atoms with Crippen LogP contribution >= 0.6 is 22.9 Å². The zero-order valence-electron chi connectivity index (χ0n) is 11.9. The second-order valence-corrected chi connectivity index (χ2v) is 6.25. The summed E-state index contributed by atoms with van der Waals surface area (Å²) < 4.78 is 0.968. The van der Waals surface area contributed by atoms with Crippen molar-refractivity contribution in [2.75, 3.05) is 5.32 Å². The maximum atomic E-state index is 12.3. The van der Waals surface area contributed by atoms with E-state index in [9.17, 15) is 14.9 Å². The number of anilines is 1. The number of carbonyl (C=O) groups excluding carboxylic acids is 1. The Bertz CT molecular complexity index is 939. The second kappa shape index (κ2) is 5.94. The molecule has 116 valence electrons. The number of fused-ring (bicyclic) bond motifs is 1. The first-order valence-corrected chi connectivity index (χ1v) is 7.76. The van der Waals surface area contributed by atoms with Gasteiger partial charge in [0.2, 0.25) is 0 Å². The number of carbonyl (C=O) groups is 1. The maximum Gasteiger partial charge on any atom is 0.270 e. The molecule has 1 aromatic heterocycles. The highest BCUT2D eigenvalue weighted by Gasteiger charge is 2.16. The number of halogens is 1. The monoisotopic (exact) mass is 347 g/mol. The number of amides is 1. The van der Waals surface area contributed by atoms with Crippen LogP contribution in [0.2, 0.25) is 5.02 Å². The van der Waals surface area contributed by atoms with Gasteiger partial charge in [0.1, 0.15) is 0 Å². The van der Waals surface area contributed by atoms with Crippen molar-refractivity contribution in [3.8, 4) is 0 Å². The zero-order valence-corrected chi connectivity index (χ0v) is 13.4. The number of benzene rings is 2. The summed E-state index contributed by atoms with van der Waals surface area (Å²) in [7, 11) is 0. The Hall–Kier alpha value is -2.51. The predicted octanol–water partition coefficient (Wildman–Crippen LogP) is 4.42. The van der Waals surface area contributed by atoms with E-state index in [1.54, 1.807) is 0 Å². The number of nitro benzene ring substituents is 1. The first-order chi connectivity index (χ1) is 11.0. The van der Waals surface area contributed by atoms with Crippen LogP contribution in [0.25, 0.3) is 10.2 Å². The molecular weight excluding hydrogens is 338 g/mol. The highest BCUT2D eigenvalue weighted by atomic mass is 35.5. The Kier molecular flexibility index (Phi) is 3.97. The first-order valence-electron chi connectivity index (χ1n) is 6.57. The molecule has 0 atom stereocenters. The number of non-ortho nitro benzene ring substituents is 1. The van der Waals surface area contributed by atoms with Crippen molar-refractivity contribution in [2.45, 2.75) is 6.92 Å². The SMILES string of the molecule is Cc1cccc2sc(NC(=O)c3ccc([N+](=O)[O-])cc3Cl)nc12. The summed E-state index contributed by atoms with van der Waals surface area (Å²) in [5.41, 5.74) is 1.85. The lowest BCUT2D eigenvalue weighted by Gasteiger charge is -2.03. The third-order valence-corrected chi connectivity index (χ3v) is 4.50. The van der Waals surface area contributed by atoms with Crippen LogP contribution in [0.3, 0.4) is 0 Å². The fraction of sp³-hybridized carbons (Fsp3) is 0.0667. The van der Waals surface area contributed by atoms with Crippen LogP contribution < -0.4 is 5.32 Å². The van der Waals surface area contributed by atoms with Crippen molar-refractivity contribution in [1.82, 2.24) is 4.98 Å². The lowest BCUT2D eigenvalue weighted by atomic mass is 10.2. The lowest BCUT2D eigenvalue weighted by molar-refractivity contribution is -0.384. The van der Waals surface area contributed by atoms with Crippen molar-refractivity contribution in [3.63, 3.8) is 0 Å². The molecule has 0 bridgehead atoms. The van der Waals surface area contributed by atoms with E-state index in [-0.39, 0.29) is 16.3 Å². The van der Waals surface area contributed by atoms with Gasteiger partial charge in [-0.25, -0.2) is 4.98 Å². The highest BCUT2D eigenvalue weighted by Crippen LogP contribution is 2.29. The van der Waals surface area contributed by atoms with Crippen molar-refractivity contribution in [1.29, 1.82) is 0 Å². The largest absolute Gasteiger partial charge is 0.298 e. The maximum absolute atomic E-state index is 12.3. The highest BCUT2D eigenvalue weighted by molar-refractivity contribution is 7.22. The van der Waals surface area contributed by atoms with Gasteiger partial charge in [-0.05, 0) is 24.6 Å². The summed E-state index contributed by atoms with van der Waals surface area (Å²) in [6, 6.07) is 9.51. The van der Waals surface area contributed by atoms with E-state index in [1.165, 1.54) is 23.5 Å². The first kappa shape index (κ1) is 15.4. The number of thiazole rings is 1. The minimum absolute atomic E-state index is 0.0222. The number of nitrogens with one attached hydrogen (secondary N) is 1. The molecular formula is C15H10ClN3O3S. The quantitative estimate of drug-likeness (QED) is 0.561. The fourth-order valence-corrected chi connectivity index (χ4v) is 3.31.